The fraction of sp³-hybridized carbons (Fsp3) is 0.238. The Balaban J connectivity index is 2.07. The van der Waals surface area contributed by atoms with Crippen LogP contribution in [0.15, 0.2) is 65.6 Å². The summed E-state index contributed by atoms with van der Waals surface area (Å²) in [4.78, 5) is 25.4. The number of carbonyl (C=O) groups excluding carboxylic acids is 2. The summed E-state index contributed by atoms with van der Waals surface area (Å²) in [6, 6.07) is 14.0. The van der Waals surface area contributed by atoms with Gasteiger partial charge in [0.2, 0.25) is 0 Å². The minimum Gasteiger partial charge on any atom is -0.464 e. The van der Waals surface area contributed by atoms with Gasteiger partial charge in [-0.15, -0.1) is 0 Å². The molecule has 28 heavy (non-hydrogen) atoms. The maximum absolute atomic E-state index is 13.1. The number of aryl methyl sites for hydroxylation is 1. The Hall–Kier alpha value is -2.93. The molecule has 3 rings (SSSR count). The molecule has 146 valence electrons. The summed E-state index contributed by atoms with van der Waals surface area (Å²) in [5, 5.41) is 0. The molecule has 1 aliphatic rings. The summed E-state index contributed by atoms with van der Waals surface area (Å²) in [6.07, 6.45) is 1.33. The monoisotopic (exact) mass is 399 g/mol. The third-order valence-corrected chi connectivity index (χ3v) is 6.31. The molecule has 0 saturated carbocycles. The Labute approximate surface area is 164 Å². The van der Waals surface area contributed by atoms with Crippen molar-refractivity contribution in [2.75, 3.05) is 6.61 Å². The third-order valence-electron chi connectivity index (χ3n) is 4.49. The van der Waals surface area contributed by atoms with E-state index in [1.54, 1.807) is 19.1 Å². The molecule has 1 atom stereocenters. The number of ether oxygens (including phenoxy) is 1. The van der Waals surface area contributed by atoms with Crippen LogP contribution in [-0.4, -0.2) is 37.2 Å². The second kappa shape index (κ2) is 7.98. The highest BCUT2D eigenvalue weighted by Crippen LogP contribution is 2.31. The van der Waals surface area contributed by atoms with Crippen molar-refractivity contribution in [3.8, 4) is 0 Å². The van der Waals surface area contributed by atoms with Gasteiger partial charge in [0.25, 0.3) is 15.9 Å². The topological polar surface area (TPSA) is 80.8 Å². The lowest BCUT2D eigenvalue weighted by molar-refractivity contribution is -0.150. The first-order valence-corrected chi connectivity index (χ1v) is 10.4. The minimum atomic E-state index is -4.21. The number of amides is 1. The second-order valence-corrected chi connectivity index (χ2v) is 8.27. The number of nitrogens with zero attached hydrogens (tertiary/aromatic N) is 1. The van der Waals surface area contributed by atoms with E-state index in [4.69, 9.17) is 4.74 Å². The lowest BCUT2D eigenvalue weighted by Crippen LogP contribution is -2.50. The van der Waals surface area contributed by atoms with Gasteiger partial charge >= 0.3 is 5.97 Å². The van der Waals surface area contributed by atoms with Crippen LogP contribution >= 0.6 is 0 Å². The van der Waals surface area contributed by atoms with Crippen LogP contribution in [-0.2, 0) is 24.3 Å². The zero-order valence-corrected chi connectivity index (χ0v) is 16.5. The van der Waals surface area contributed by atoms with Gasteiger partial charge in [-0.3, -0.25) is 4.79 Å². The molecule has 0 N–H and O–H groups in total. The Bertz CT molecular complexity index is 1010. The van der Waals surface area contributed by atoms with E-state index in [0.29, 0.717) is 9.88 Å². The van der Waals surface area contributed by atoms with Crippen molar-refractivity contribution in [3.63, 3.8) is 0 Å². The van der Waals surface area contributed by atoms with Crippen molar-refractivity contribution >= 4 is 27.5 Å². The van der Waals surface area contributed by atoms with Crippen molar-refractivity contribution in [1.82, 2.24) is 4.31 Å². The van der Waals surface area contributed by atoms with E-state index >= 15 is 0 Å². The molecular formula is C21H21NO5S. The van der Waals surface area contributed by atoms with Gasteiger partial charge in [-0.2, -0.15) is 0 Å². The first-order chi connectivity index (χ1) is 13.3. The molecule has 1 heterocycles. The van der Waals surface area contributed by atoms with E-state index in [9.17, 15) is 18.0 Å². The lowest BCUT2D eigenvalue weighted by Gasteiger charge is -2.32. The quantitative estimate of drug-likeness (QED) is 0.722. The Morgan fingerprint density at radius 3 is 2.36 bits per heavy atom. The Morgan fingerprint density at radius 2 is 1.75 bits per heavy atom. The molecule has 2 aromatic carbocycles. The zero-order chi connectivity index (χ0) is 20.3. The molecule has 1 amide bonds. The fourth-order valence-corrected chi connectivity index (χ4v) is 4.59. The molecule has 1 aliphatic heterocycles. The van der Waals surface area contributed by atoms with Crippen molar-refractivity contribution in [2.45, 2.75) is 31.2 Å². The third kappa shape index (κ3) is 3.84. The largest absolute Gasteiger partial charge is 0.464 e. The number of esters is 1. The predicted molar refractivity (Wildman–Crippen MR) is 105 cm³/mol. The van der Waals surface area contributed by atoms with E-state index in [1.165, 1.54) is 18.2 Å². The molecule has 0 radical (unpaired) electrons. The highest BCUT2D eigenvalue weighted by Gasteiger charge is 2.43. The maximum Gasteiger partial charge on any atom is 0.330 e. The van der Waals surface area contributed by atoms with Crippen LogP contribution in [0.1, 0.15) is 24.5 Å². The van der Waals surface area contributed by atoms with Crippen LogP contribution in [0.25, 0.3) is 5.57 Å². The van der Waals surface area contributed by atoms with Gasteiger partial charge < -0.3 is 4.74 Å². The van der Waals surface area contributed by atoms with Gasteiger partial charge in [0, 0.05) is 12.5 Å². The summed E-state index contributed by atoms with van der Waals surface area (Å²) in [5.74, 6) is -1.50. The van der Waals surface area contributed by atoms with Crippen LogP contribution in [0.5, 0.6) is 0 Å². The van der Waals surface area contributed by atoms with Gasteiger partial charge in [0.15, 0.2) is 0 Å². The van der Waals surface area contributed by atoms with E-state index < -0.39 is 27.9 Å². The van der Waals surface area contributed by atoms with Gasteiger partial charge in [-0.05, 0) is 37.1 Å². The SMILES string of the molecule is CCOC(=O)C1CC(c2ccccc2)=CC(=O)N1S(=O)(=O)c1ccc(C)cc1. The normalized spacial score (nSPS) is 17.2. The first kappa shape index (κ1) is 19.8. The van der Waals surface area contributed by atoms with Crippen molar-refractivity contribution in [3.05, 3.63) is 71.8 Å². The van der Waals surface area contributed by atoms with E-state index in [-0.39, 0.29) is 17.9 Å². The minimum absolute atomic E-state index is 0.0442. The zero-order valence-electron chi connectivity index (χ0n) is 15.7. The first-order valence-electron chi connectivity index (χ1n) is 8.92. The molecule has 1 unspecified atom stereocenters. The molecule has 2 aromatic rings. The maximum atomic E-state index is 13.1. The van der Waals surface area contributed by atoms with E-state index in [1.807, 2.05) is 37.3 Å². The molecule has 0 saturated heterocycles. The molecule has 0 bridgehead atoms. The smallest absolute Gasteiger partial charge is 0.330 e. The molecule has 6 nitrogen and oxygen atoms in total. The molecule has 0 spiro atoms. The Kier molecular flexibility index (Phi) is 5.65. The predicted octanol–water partition coefficient (Wildman–Crippen LogP) is 2.93. The Morgan fingerprint density at radius 1 is 1.11 bits per heavy atom. The van der Waals surface area contributed by atoms with E-state index in [0.717, 1.165) is 11.1 Å². The van der Waals surface area contributed by atoms with Crippen LogP contribution < -0.4 is 0 Å². The molecule has 0 aliphatic carbocycles. The summed E-state index contributed by atoms with van der Waals surface area (Å²) in [6.45, 7) is 3.56. The average Bonchev–Trinajstić information content (AvgIpc) is 2.68. The van der Waals surface area contributed by atoms with Gasteiger partial charge in [-0.1, -0.05) is 48.0 Å². The van der Waals surface area contributed by atoms with Crippen LogP contribution in [0.2, 0.25) is 0 Å². The highest BCUT2D eigenvalue weighted by molar-refractivity contribution is 7.89. The molecule has 7 heteroatoms. The van der Waals surface area contributed by atoms with Gasteiger partial charge in [0.05, 0.1) is 11.5 Å². The van der Waals surface area contributed by atoms with Crippen molar-refractivity contribution in [1.29, 1.82) is 0 Å². The van der Waals surface area contributed by atoms with Gasteiger partial charge in [0.1, 0.15) is 6.04 Å². The van der Waals surface area contributed by atoms with Crippen molar-refractivity contribution < 1.29 is 22.7 Å². The molecule has 0 aromatic heterocycles. The number of carbonyl (C=O) groups is 2. The van der Waals surface area contributed by atoms with Crippen LogP contribution in [0.3, 0.4) is 0 Å². The summed E-state index contributed by atoms with van der Waals surface area (Å²) < 4.78 is 32.0. The summed E-state index contributed by atoms with van der Waals surface area (Å²) in [5.41, 5.74) is 2.24. The molecule has 0 fully saturated rings. The lowest BCUT2D eigenvalue weighted by atomic mass is 9.95. The van der Waals surface area contributed by atoms with Crippen molar-refractivity contribution in [2.24, 2.45) is 0 Å². The second-order valence-electron chi connectivity index (χ2n) is 6.46. The summed E-state index contributed by atoms with van der Waals surface area (Å²) >= 11 is 0. The number of hydrogen-bond donors (Lipinski definition) is 0. The number of sulfonamides is 1. The fourth-order valence-electron chi connectivity index (χ4n) is 3.10. The average molecular weight is 399 g/mol. The standard InChI is InChI=1S/C21H21NO5S/c1-3-27-21(24)19-13-17(16-7-5-4-6-8-16)14-20(23)22(19)28(25,26)18-11-9-15(2)10-12-18/h4-12,14,19H,3,13H2,1-2H3. The number of rotatable bonds is 5. The number of benzene rings is 2. The number of hydrogen-bond acceptors (Lipinski definition) is 5. The van der Waals surface area contributed by atoms with Crippen LogP contribution in [0.4, 0.5) is 0 Å². The summed E-state index contributed by atoms with van der Waals surface area (Å²) in [7, 11) is -4.21. The molecular weight excluding hydrogens is 378 g/mol. The van der Waals surface area contributed by atoms with Gasteiger partial charge in [-0.25, -0.2) is 17.5 Å². The highest BCUT2D eigenvalue weighted by atomic mass is 32.2. The van der Waals surface area contributed by atoms with E-state index in [2.05, 4.69) is 0 Å². The van der Waals surface area contributed by atoms with Crippen LogP contribution in [0, 0.1) is 6.92 Å².